The number of fused-ring (bicyclic) bond motifs is 1. The van der Waals surface area contributed by atoms with E-state index in [0.29, 0.717) is 11.3 Å². The lowest BCUT2D eigenvalue weighted by Gasteiger charge is -2.37. The summed E-state index contributed by atoms with van der Waals surface area (Å²) in [5.74, 6) is 0.0537. The van der Waals surface area contributed by atoms with Gasteiger partial charge in [0.2, 0.25) is 0 Å². The minimum absolute atomic E-state index is 0.0799. The maximum atomic E-state index is 12.6. The summed E-state index contributed by atoms with van der Waals surface area (Å²) < 4.78 is 1.59. The highest BCUT2D eigenvalue weighted by molar-refractivity contribution is 7.10. The van der Waals surface area contributed by atoms with Crippen molar-refractivity contribution < 1.29 is 9.90 Å². The second-order valence-electron chi connectivity index (χ2n) is 5.80. The summed E-state index contributed by atoms with van der Waals surface area (Å²) in [6, 6.07) is 7.36. The molecule has 0 aliphatic heterocycles. The average Bonchev–Trinajstić information content (AvgIpc) is 3.18. The number of nitrogens with one attached hydrogen (secondary N) is 1. The van der Waals surface area contributed by atoms with Gasteiger partial charge in [0, 0.05) is 23.3 Å². The molecule has 1 aliphatic carbocycles. The third-order valence-corrected chi connectivity index (χ3v) is 5.18. The summed E-state index contributed by atoms with van der Waals surface area (Å²) in [5, 5.41) is 18.9. The Morgan fingerprint density at radius 3 is 3.00 bits per heavy atom. The molecule has 1 aliphatic rings. The highest BCUT2D eigenvalue weighted by Gasteiger charge is 2.36. The number of amides is 1. The summed E-state index contributed by atoms with van der Waals surface area (Å²) in [6.45, 7) is 0. The Balaban J connectivity index is 1.57. The minimum atomic E-state index is -0.251. The van der Waals surface area contributed by atoms with Crippen molar-refractivity contribution in [1.82, 2.24) is 19.9 Å². The van der Waals surface area contributed by atoms with Crippen molar-refractivity contribution in [2.75, 3.05) is 0 Å². The van der Waals surface area contributed by atoms with Gasteiger partial charge in [-0.25, -0.2) is 9.50 Å². The molecule has 1 amide bonds. The fraction of sp³-hybridized carbons (Fsp3) is 0.312. The van der Waals surface area contributed by atoms with Crippen LogP contribution in [0.4, 0.5) is 0 Å². The van der Waals surface area contributed by atoms with E-state index in [2.05, 4.69) is 15.4 Å². The molecule has 0 unspecified atom stereocenters. The van der Waals surface area contributed by atoms with Gasteiger partial charge >= 0.3 is 0 Å². The third-order valence-electron chi connectivity index (χ3n) is 4.23. The summed E-state index contributed by atoms with van der Waals surface area (Å²) in [5.41, 5.74) is 0.995. The maximum Gasteiger partial charge on any atom is 0.272 e. The Hall–Kier alpha value is -2.25. The van der Waals surface area contributed by atoms with Crippen LogP contribution in [0.15, 0.2) is 42.0 Å². The maximum absolute atomic E-state index is 12.6. The Morgan fingerprint density at radius 2 is 2.30 bits per heavy atom. The second kappa shape index (κ2) is 5.75. The second-order valence-corrected chi connectivity index (χ2v) is 6.78. The number of aliphatic hydroxyl groups is 1. The van der Waals surface area contributed by atoms with E-state index in [1.54, 1.807) is 40.4 Å². The Bertz CT molecular complexity index is 791. The number of hydrogen-bond donors (Lipinski definition) is 2. The van der Waals surface area contributed by atoms with Crippen molar-refractivity contribution in [3.05, 3.63) is 52.6 Å². The van der Waals surface area contributed by atoms with Gasteiger partial charge in [0.25, 0.3) is 5.91 Å². The number of nitrogens with zero attached hydrogens (tertiary/aromatic N) is 3. The molecular weight excluding hydrogens is 312 g/mol. The lowest BCUT2D eigenvalue weighted by atomic mass is 9.76. The van der Waals surface area contributed by atoms with Crippen LogP contribution in [-0.2, 0) is 0 Å². The number of hydrogen-bond acceptors (Lipinski definition) is 5. The number of thiophene rings is 1. The first-order valence-corrected chi connectivity index (χ1v) is 8.41. The fourth-order valence-corrected chi connectivity index (χ4v) is 3.82. The molecule has 0 radical (unpaired) electrons. The van der Waals surface area contributed by atoms with Gasteiger partial charge < -0.3 is 10.4 Å². The van der Waals surface area contributed by atoms with Crippen molar-refractivity contribution in [1.29, 1.82) is 0 Å². The van der Waals surface area contributed by atoms with E-state index in [1.165, 1.54) is 0 Å². The molecule has 0 spiro atoms. The van der Waals surface area contributed by atoms with E-state index in [1.807, 2.05) is 17.5 Å². The molecular formula is C16H16N4O2S. The van der Waals surface area contributed by atoms with Crippen LogP contribution in [0.25, 0.3) is 5.65 Å². The number of aromatic nitrogens is 3. The first-order chi connectivity index (χ1) is 11.2. The van der Waals surface area contributed by atoms with Gasteiger partial charge in [0.1, 0.15) is 0 Å². The van der Waals surface area contributed by atoms with Crippen LogP contribution in [0.3, 0.4) is 0 Å². The topological polar surface area (TPSA) is 79.5 Å². The van der Waals surface area contributed by atoms with Crippen LogP contribution in [0, 0.1) is 5.92 Å². The normalized spacial score (nSPS) is 21.8. The number of aliphatic hydroxyl groups excluding tert-OH is 1. The summed E-state index contributed by atoms with van der Waals surface area (Å²) in [6.07, 6.45) is 4.62. The predicted octanol–water partition coefficient (Wildman–Crippen LogP) is 2.03. The van der Waals surface area contributed by atoms with Gasteiger partial charge in [0.05, 0.1) is 12.1 Å². The van der Waals surface area contributed by atoms with Crippen LogP contribution >= 0.6 is 11.3 Å². The minimum Gasteiger partial charge on any atom is -0.393 e. The van der Waals surface area contributed by atoms with E-state index in [-0.39, 0.29) is 24.0 Å². The largest absolute Gasteiger partial charge is 0.393 e. The first-order valence-electron chi connectivity index (χ1n) is 7.53. The molecule has 118 valence electrons. The molecule has 23 heavy (non-hydrogen) atoms. The van der Waals surface area contributed by atoms with E-state index in [0.717, 1.165) is 17.7 Å². The van der Waals surface area contributed by atoms with Crippen molar-refractivity contribution in [2.45, 2.75) is 25.0 Å². The number of rotatable bonds is 4. The molecule has 2 N–H and O–H groups in total. The van der Waals surface area contributed by atoms with E-state index in [4.69, 9.17) is 0 Å². The number of carbonyl (C=O) groups is 1. The van der Waals surface area contributed by atoms with Crippen LogP contribution in [-0.4, -0.2) is 31.7 Å². The molecule has 4 rings (SSSR count). The summed E-state index contributed by atoms with van der Waals surface area (Å²) in [4.78, 5) is 17.9. The molecule has 0 bridgehead atoms. The molecule has 1 atom stereocenters. The zero-order valence-electron chi connectivity index (χ0n) is 12.3. The molecule has 0 saturated heterocycles. The van der Waals surface area contributed by atoms with Gasteiger partial charge in [0.15, 0.2) is 11.3 Å². The quantitative estimate of drug-likeness (QED) is 0.768. The molecule has 6 nitrogen and oxygen atoms in total. The van der Waals surface area contributed by atoms with Crippen LogP contribution < -0.4 is 5.32 Å². The van der Waals surface area contributed by atoms with Crippen LogP contribution in [0.2, 0.25) is 0 Å². The van der Waals surface area contributed by atoms with Crippen molar-refractivity contribution in [3.8, 4) is 0 Å². The smallest absolute Gasteiger partial charge is 0.272 e. The molecule has 0 aromatic carbocycles. The van der Waals surface area contributed by atoms with Crippen molar-refractivity contribution in [3.63, 3.8) is 0 Å². The van der Waals surface area contributed by atoms with E-state index in [9.17, 15) is 9.90 Å². The van der Waals surface area contributed by atoms with Gasteiger partial charge in [-0.1, -0.05) is 6.07 Å². The van der Waals surface area contributed by atoms with Gasteiger partial charge in [-0.15, -0.1) is 11.3 Å². The molecule has 3 heterocycles. The lowest BCUT2D eigenvalue weighted by molar-refractivity contribution is 0.0240. The standard InChI is InChI=1S/C16H16N4O2S/c21-11-7-10(8-11)15(13-3-1-6-23-13)18-16(22)12-9-14-17-4-2-5-20(14)19-12/h1-6,9-11,15,21H,7-8H2,(H,18,22)/t10?,11?,15-/m1/s1. The Kier molecular flexibility index (Phi) is 3.59. The van der Waals surface area contributed by atoms with Crippen molar-refractivity contribution >= 4 is 22.9 Å². The molecule has 7 heteroatoms. The highest BCUT2D eigenvalue weighted by Crippen LogP contribution is 2.39. The number of carbonyl (C=O) groups excluding carboxylic acids is 1. The molecule has 3 aromatic rings. The predicted molar refractivity (Wildman–Crippen MR) is 86.2 cm³/mol. The highest BCUT2D eigenvalue weighted by atomic mass is 32.1. The van der Waals surface area contributed by atoms with Crippen LogP contribution in [0.1, 0.15) is 34.2 Å². The molecule has 3 aromatic heterocycles. The SMILES string of the molecule is O=C(N[C@@H](c1cccs1)C1CC(O)C1)c1cc2ncccn2n1. The van der Waals surface area contributed by atoms with Crippen molar-refractivity contribution in [2.24, 2.45) is 5.92 Å². The summed E-state index contributed by atoms with van der Waals surface area (Å²) in [7, 11) is 0. The van der Waals surface area contributed by atoms with Gasteiger partial charge in [-0.2, -0.15) is 5.10 Å². The summed E-state index contributed by atoms with van der Waals surface area (Å²) >= 11 is 1.62. The zero-order valence-corrected chi connectivity index (χ0v) is 13.1. The average molecular weight is 328 g/mol. The lowest BCUT2D eigenvalue weighted by Crippen LogP contribution is -2.41. The molecule has 1 fully saturated rings. The van der Waals surface area contributed by atoms with E-state index < -0.39 is 0 Å². The molecule has 1 saturated carbocycles. The third kappa shape index (κ3) is 2.73. The van der Waals surface area contributed by atoms with Gasteiger partial charge in [-0.05, 0) is 36.3 Å². The zero-order chi connectivity index (χ0) is 15.8. The van der Waals surface area contributed by atoms with Crippen LogP contribution in [0.5, 0.6) is 0 Å². The van der Waals surface area contributed by atoms with Gasteiger partial charge in [-0.3, -0.25) is 4.79 Å². The monoisotopic (exact) mass is 328 g/mol. The first kappa shape index (κ1) is 14.3. The fourth-order valence-electron chi connectivity index (χ4n) is 2.95. The Labute approximate surface area is 136 Å². The Morgan fingerprint density at radius 1 is 1.43 bits per heavy atom. The van der Waals surface area contributed by atoms with E-state index >= 15 is 0 Å².